The predicted molar refractivity (Wildman–Crippen MR) is 96.4 cm³/mol. The van der Waals surface area contributed by atoms with Gasteiger partial charge in [-0.1, -0.05) is 38.1 Å². The fourth-order valence-corrected chi connectivity index (χ4v) is 2.04. The standard InChI is InChI=1S/C19H21N3O4/c1-13(2)15-8-5-14(6-9-15)7-10-17(23)21-22-19(25)18(24)20-12-16-4-3-11-26-16/h3-11,13H,12H2,1-2H3,(H,20,24)(H,21,23)(H,22,25)/b10-7+. The minimum Gasteiger partial charge on any atom is -0.467 e. The first-order valence-corrected chi connectivity index (χ1v) is 8.14. The van der Waals surface area contributed by atoms with Gasteiger partial charge in [-0.2, -0.15) is 0 Å². The number of carbonyl (C=O) groups is 3. The number of carbonyl (C=O) groups excluding carboxylic acids is 3. The van der Waals surface area contributed by atoms with Gasteiger partial charge in [-0.05, 0) is 35.3 Å². The summed E-state index contributed by atoms with van der Waals surface area (Å²) in [5.41, 5.74) is 6.25. The zero-order valence-corrected chi connectivity index (χ0v) is 14.6. The summed E-state index contributed by atoms with van der Waals surface area (Å²) in [7, 11) is 0. The molecule has 1 heterocycles. The Hall–Kier alpha value is -3.35. The van der Waals surface area contributed by atoms with Crippen molar-refractivity contribution in [3.05, 3.63) is 65.6 Å². The molecule has 2 rings (SSSR count). The maximum atomic E-state index is 11.7. The number of amides is 3. The van der Waals surface area contributed by atoms with Gasteiger partial charge in [-0.25, -0.2) is 0 Å². The van der Waals surface area contributed by atoms with Crippen LogP contribution in [0.2, 0.25) is 0 Å². The van der Waals surface area contributed by atoms with Crippen LogP contribution >= 0.6 is 0 Å². The van der Waals surface area contributed by atoms with E-state index >= 15 is 0 Å². The molecule has 1 aromatic heterocycles. The number of hydrazine groups is 1. The van der Waals surface area contributed by atoms with Gasteiger partial charge >= 0.3 is 11.8 Å². The number of rotatable bonds is 5. The molecule has 0 aliphatic carbocycles. The molecule has 0 radical (unpaired) electrons. The Kier molecular flexibility index (Phi) is 6.73. The quantitative estimate of drug-likeness (QED) is 0.433. The zero-order chi connectivity index (χ0) is 18.9. The first-order chi connectivity index (χ1) is 12.5. The summed E-state index contributed by atoms with van der Waals surface area (Å²) in [6, 6.07) is 11.1. The van der Waals surface area contributed by atoms with Gasteiger partial charge in [0.1, 0.15) is 5.76 Å². The summed E-state index contributed by atoms with van der Waals surface area (Å²) in [6.45, 7) is 4.29. The van der Waals surface area contributed by atoms with E-state index in [2.05, 4.69) is 24.6 Å². The van der Waals surface area contributed by atoms with Gasteiger partial charge in [0, 0.05) is 6.08 Å². The maximum absolute atomic E-state index is 11.7. The van der Waals surface area contributed by atoms with Crippen molar-refractivity contribution in [2.24, 2.45) is 0 Å². The van der Waals surface area contributed by atoms with Crippen LogP contribution in [0.25, 0.3) is 6.08 Å². The number of hydrogen-bond donors (Lipinski definition) is 3. The Morgan fingerprint density at radius 3 is 2.38 bits per heavy atom. The van der Waals surface area contributed by atoms with Gasteiger partial charge in [-0.15, -0.1) is 0 Å². The van der Waals surface area contributed by atoms with Crippen molar-refractivity contribution < 1.29 is 18.8 Å². The highest BCUT2D eigenvalue weighted by atomic mass is 16.3. The molecule has 0 fully saturated rings. The lowest BCUT2D eigenvalue weighted by molar-refractivity contribution is -0.140. The predicted octanol–water partition coefficient (Wildman–Crippen LogP) is 1.88. The first kappa shape index (κ1) is 19.0. The van der Waals surface area contributed by atoms with E-state index in [0.29, 0.717) is 11.7 Å². The molecule has 3 N–H and O–H groups in total. The molecule has 7 heteroatoms. The minimum atomic E-state index is -0.973. The molecule has 0 spiro atoms. The second-order valence-corrected chi connectivity index (χ2v) is 5.86. The molecular weight excluding hydrogens is 334 g/mol. The second kappa shape index (κ2) is 9.22. The van der Waals surface area contributed by atoms with Gasteiger partial charge in [-0.3, -0.25) is 25.2 Å². The Bertz CT molecular complexity index is 778. The van der Waals surface area contributed by atoms with E-state index in [9.17, 15) is 14.4 Å². The highest BCUT2D eigenvalue weighted by Crippen LogP contribution is 2.15. The largest absolute Gasteiger partial charge is 0.467 e. The lowest BCUT2D eigenvalue weighted by Crippen LogP contribution is -2.47. The van der Waals surface area contributed by atoms with Crippen molar-refractivity contribution in [1.29, 1.82) is 0 Å². The normalized spacial score (nSPS) is 10.7. The van der Waals surface area contributed by atoms with Crippen LogP contribution in [-0.2, 0) is 20.9 Å². The summed E-state index contributed by atoms with van der Waals surface area (Å²) in [5, 5.41) is 2.37. The Balaban J connectivity index is 1.74. The summed E-state index contributed by atoms with van der Waals surface area (Å²) >= 11 is 0. The Morgan fingerprint density at radius 2 is 1.77 bits per heavy atom. The molecule has 26 heavy (non-hydrogen) atoms. The zero-order valence-electron chi connectivity index (χ0n) is 14.6. The van der Waals surface area contributed by atoms with Crippen LogP contribution in [0.15, 0.2) is 53.2 Å². The van der Waals surface area contributed by atoms with E-state index in [1.165, 1.54) is 17.9 Å². The highest BCUT2D eigenvalue weighted by molar-refractivity contribution is 6.35. The lowest BCUT2D eigenvalue weighted by Gasteiger charge is -2.06. The van der Waals surface area contributed by atoms with Crippen LogP contribution in [0.5, 0.6) is 0 Å². The van der Waals surface area contributed by atoms with Crippen molar-refractivity contribution in [1.82, 2.24) is 16.2 Å². The summed E-state index contributed by atoms with van der Waals surface area (Å²) in [5.74, 6) is -1.45. The number of furan rings is 1. The van der Waals surface area contributed by atoms with Crippen molar-refractivity contribution in [2.45, 2.75) is 26.3 Å². The smallest absolute Gasteiger partial charge is 0.327 e. The number of nitrogens with one attached hydrogen (secondary N) is 3. The third kappa shape index (κ3) is 5.94. The van der Waals surface area contributed by atoms with Crippen molar-refractivity contribution in [2.75, 3.05) is 0 Å². The number of hydrogen-bond acceptors (Lipinski definition) is 4. The van der Waals surface area contributed by atoms with Gasteiger partial charge < -0.3 is 9.73 Å². The molecule has 0 atom stereocenters. The molecule has 0 unspecified atom stereocenters. The van der Waals surface area contributed by atoms with Gasteiger partial charge in [0.15, 0.2) is 0 Å². The van der Waals surface area contributed by atoms with Crippen LogP contribution in [0.3, 0.4) is 0 Å². The monoisotopic (exact) mass is 355 g/mol. The van der Waals surface area contributed by atoms with E-state index in [1.54, 1.807) is 18.2 Å². The third-order valence-electron chi connectivity index (χ3n) is 3.54. The molecule has 0 aliphatic heterocycles. The average Bonchev–Trinajstić information content (AvgIpc) is 3.16. The average molecular weight is 355 g/mol. The van der Waals surface area contributed by atoms with Crippen LogP contribution < -0.4 is 16.2 Å². The molecule has 0 aliphatic rings. The fourth-order valence-electron chi connectivity index (χ4n) is 2.04. The Morgan fingerprint density at radius 1 is 1.04 bits per heavy atom. The van der Waals surface area contributed by atoms with Gasteiger partial charge in [0.2, 0.25) is 0 Å². The fraction of sp³-hybridized carbons (Fsp3) is 0.211. The van der Waals surface area contributed by atoms with Crippen molar-refractivity contribution in [3.8, 4) is 0 Å². The molecule has 2 aromatic rings. The SMILES string of the molecule is CC(C)c1ccc(/C=C/C(=O)NNC(=O)C(=O)NCc2ccco2)cc1. The minimum absolute atomic E-state index is 0.0828. The molecular formula is C19H21N3O4. The van der Waals surface area contributed by atoms with Crippen LogP contribution in [0.4, 0.5) is 0 Å². The van der Waals surface area contributed by atoms with E-state index in [-0.39, 0.29) is 6.54 Å². The molecule has 7 nitrogen and oxygen atoms in total. The van der Waals surface area contributed by atoms with Crippen molar-refractivity contribution >= 4 is 23.8 Å². The highest BCUT2D eigenvalue weighted by Gasteiger charge is 2.13. The molecule has 0 bridgehead atoms. The van der Waals surface area contributed by atoms with Gasteiger partial charge in [0.05, 0.1) is 12.8 Å². The molecule has 1 aromatic carbocycles. The first-order valence-electron chi connectivity index (χ1n) is 8.14. The molecule has 0 saturated heterocycles. The van der Waals surface area contributed by atoms with E-state index in [0.717, 1.165) is 5.56 Å². The van der Waals surface area contributed by atoms with E-state index in [1.807, 2.05) is 29.7 Å². The lowest BCUT2D eigenvalue weighted by atomic mass is 10.0. The summed E-state index contributed by atoms with van der Waals surface area (Å²) in [6.07, 6.45) is 4.35. The summed E-state index contributed by atoms with van der Waals surface area (Å²) in [4.78, 5) is 34.9. The number of benzene rings is 1. The maximum Gasteiger partial charge on any atom is 0.327 e. The Labute approximate surface area is 151 Å². The topological polar surface area (TPSA) is 100 Å². The van der Waals surface area contributed by atoms with E-state index < -0.39 is 17.7 Å². The van der Waals surface area contributed by atoms with E-state index in [4.69, 9.17) is 4.42 Å². The second-order valence-electron chi connectivity index (χ2n) is 5.86. The van der Waals surface area contributed by atoms with Crippen LogP contribution in [0.1, 0.15) is 36.7 Å². The summed E-state index contributed by atoms with van der Waals surface area (Å²) < 4.78 is 5.03. The molecule has 136 valence electrons. The molecule has 0 saturated carbocycles. The van der Waals surface area contributed by atoms with Crippen LogP contribution in [-0.4, -0.2) is 17.7 Å². The van der Waals surface area contributed by atoms with Crippen molar-refractivity contribution in [3.63, 3.8) is 0 Å². The molecule has 3 amide bonds. The van der Waals surface area contributed by atoms with Crippen LogP contribution in [0, 0.1) is 0 Å². The van der Waals surface area contributed by atoms with Gasteiger partial charge in [0.25, 0.3) is 5.91 Å². The third-order valence-corrected chi connectivity index (χ3v) is 3.54.